The topological polar surface area (TPSA) is 49.4 Å². The minimum absolute atomic E-state index is 0.0549. The zero-order valence-corrected chi connectivity index (χ0v) is 17.8. The van der Waals surface area contributed by atoms with Gasteiger partial charge >= 0.3 is 0 Å². The van der Waals surface area contributed by atoms with Crippen molar-refractivity contribution in [2.24, 2.45) is 0 Å². The van der Waals surface area contributed by atoms with Crippen molar-refractivity contribution in [3.05, 3.63) is 69.7 Å². The van der Waals surface area contributed by atoms with E-state index in [4.69, 9.17) is 23.2 Å². The molecule has 0 aliphatic carbocycles. The predicted molar refractivity (Wildman–Crippen MR) is 115 cm³/mol. The first-order valence-corrected chi connectivity index (χ1v) is 10.3. The first-order valence-electron chi connectivity index (χ1n) is 9.51. The molecular formula is C22H26Cl2N2O2. The van der Waals surface area contributed by atoms with Gasteiger partial charge in [-0.1, -0.05) is 66.5 Å². The van der Waals surface area contributed by atoms with Crippen molar-refractivity contribution >= 4 is 35.0 Å². The molecule has 0 bridgehead atoms. The molecule has 28 heavy (non-hydrogen) atoms. The molecule has 0 aliphatic rings. The van der Waals surface area contributed by atoms with Crippen molar-refractivity contribution in [1.82, 2.24) is 10.2 Å². The minimum atomic E-state index is -0.601. The van der Waals surface area contributed by atoms with Crippen LogP contribution in [-0.2, 0) is 22.6 Å². The lowest BCUT2D eigenvalue weighted by Crippen LogP contribution is -2.50. The third kappa shape index (κ3) is 6.25. The summed E-state index contributed by atoms with van der Waals surface area (Å²) in [6.07, 6.45) is 1.54. The Kier molecular flexibility index (Phi) is 8.81. The monoisotopic (exact) mass is 420 g/mol. The molecule has 1 unspecified atom stereocenters. The number of benzene rings is 2. The van der Waals surface area contributed by atoms with E-state index in [0.717, 1.165) is 11.1 Å². The SMILES string of the molecule is CCCC(=O)N(Cc1ccc(Cl)c(Cl)c1)C(Cc1ccccc1)C(=O)NCC. The van der Waals surface area contributed by atoms with Crippen LogP contribution in [0.4, 0.5) is 0 Å². The zero-order valence-electron chi connectivity index (χ0n) is 16.3. The minimum Gasteiger partial charge on any atom is -0.355 e. The second kappa shape index (κ2) is 11.1. The Morgan fingerprint density at radius 1 is 1.00 bits per heavy atom. The van der Waals surface area contributed by atoms with Crippen molar-refractivity contribution in [2.75, 3.05) is 6.54 Å². The fraction of sp³-hybridized carbons (Fsp3) is 0.364. The number of carbonyl (C=O) groups excluding carboxylic acids is 2. The van der Waals surface area contributed by atoms with Gasteiger partial charge in [0.25, 0.3) is 0 Å². The molecule has 0 saturated carbocycles. The molecule has 0 aromatic heterocycles. The van der Waals surface area contributed by atoms with Gasteiger partial charge in [-0.2, -0.15) is 0 Å². The van der Waals surface area contributed by atoms with Crippen LogP contribution >= 0.6 is 23.2 Å². The largest absolute Gasteiger partial charge is 0.355 e. The van der Waals surface area contributed by atoms with Crippen molar-refractivity contribution in [1.29, 1.82) is 0 Å². The number of amides is 2. The summed E-state index contributed by atoms with van der Waals surface area (Å²) < 4.78 is 0. The third-order valence-electron chi connectivity index (χ3n) is 4.42. The Labute approximate surface area is 176 Å². The summed E-state index contributed by atoms with van der Waals surface area (Å²) in [5, 5.41) is 3.76. The maximum atomic E-state index is 12.9. The molecule has 2 aromatic carbocycles. The van der Waals surface area contributed by atoms with Gasteiger partial charge in [0.1, 0.15) is 6.04 Å². The molecule has 0 fully saturated rings. The highest BCUT2D eigenvalue weighted by Gasteiger charge is 2.29. The van der Waals surface area contributed by atoms with Crippen molar-refractivity contribution in [3.63, 3.8) is 0 Å². The predicted octanol–water partition coefficient (Wildman–Crippen LogP) is 4.87. The van der Waals surface area contributed by atoms with Crippen LogP contribution in [0.25, 0.3) is 0 Å². The van der Waals surface area contributed by atoms with Gasteiger partial charge in [0.15, 0.2) is 0 Å². The standard InChI is InChI=1S/C22H26Cl2N2O2/c1-3-8-21(27)26(15-17-11-12-18(23)19(24)13-17)20(22(28)25-4-2)14-16-9-6-5-7-10-16/h5-7,9-13,20H,3-4,8,14-15H2,1-2H3,(H,25,28). The molecule has 0 spiro atoms. The summed E-state index contributed by atoms with van der Waals surface area (Å²) in [6.45, 7) is 4.62. The molecule has 150 valence electrons. The molecule has 6 heteroatoms. The Morgan fingerprint density at radius 2 is 1.71 bits per heavy atom. The van der Waals surface area contributed by atoms with E-state index in [-0.39, 0.29) is 11.8 Å². The fourth-order valence-corrected chi connectivity index (χ4v) is 3.36. The number of rotatable bonds is 9. The second-order valence-electron chi connectivity index (χ2n) is 6.62. The highest BCUT2D eigenvalue weighted by Crippen LogP contribution is 2.24. The summed E-state index contributed by atoms with van der Waals surface area (Å²) in [6, 6.07) is 14.4. The van der Waals surface area contributed by atoms with Gasteiger partial charge in [-0.15, -0.1) is 0 Å². The summed E-state index contributed by atoms with van der Waals surface area (Å²) in [7, 11) is 0. The maximum absolute atomic E-state index is 12.9. The van der Waals surface area contributed by atoms with E-state index in [1.165, 1.54) is 0 Å². The van der Waals surface area contributed by atoms with E-state index in [1.807, 2.05) is 50.2 Å². The molecule has 2 aromatic rings. The van der Waals surface area contributed by atoms with Crippen LogP contribution in [0.3, 0.4) is 0 Å². The van der Waals surface area contributed by atoms with Crippen molar-refractivity contribution < 1.29 is 9.59 Å². The van der Waals surface area contributed by atoms with E-state index < -0.39 is 6.04 Å². The van der Waals surface area contributed by atoms with Gasteiger partial charge in [0.05, 0.1) is 10.0 Å². The number of nitrogens with zero attached hydrogens (tertiary/aromatic N) is 1. The summed E-state index contributed by atoms with van der Waals surface area (Å²) in [4.78, 5) is 27.4. The average molecular weight is 421 g/mol. The number of hydrogen-bond acceptors (Lipinski definition) is 2. The number of nitrogens with one attached hydrogen (secondary N) is 1. The Hall–Kier alpha value is -2.04. The highest BCUT2D eigenvalue weighted by atomic mass is 35.5. The van der Waals surface area contributed by atoms with Crippen LogP contribution in [0, 0.1) is 0 Å². The van der Waals surface area contributed by atoms with Crippen molar-refractivity contribution in [3.8, 4) is 0 Å². The lowest BCUT2D eigenvalue weighted by atomic mass is 10.0. The first-order chi connectivity index (χ1) is 13.5. The van der Waals surface area contributed by atoms with Crippen LogP contribution in [0.1, 0.15) is 37.8 Å². The quantitative estimate of drug-likeness (QED) is 0.628. The lowest BCUT2D eigenvalue weighted by molar-refractivity contribution is -0.141. The van der Waals surface area contributed by atoms with Crippen LogP contribution in [-0.4, -0.2) is 29.3 Å². The van der Waals surface area contributed by atoms with E-state index in [2.05, 4.69) is 5.32 Å². The Balaban J connectivity index is 2.37. The second-order valence-corrected chi connectivity index (χ2v) is 7.43. The van der Waals surface area contributed by atoms with Gasteiger partial charge in [-0.25, -0.2) is 0 Å². The van der Waals surface area contributed by atoms with Gasteiger partial charge in [0, 0.05) is 25.9 Å². The van der Waals surface area contributed by atoms with Gasteiger partial charge in [-0.3, -0.25) is 9.59 Å². The summed E-state index contributed by atoms with van der Waals surface area (Å²) in [5.41, 5.74) is 1.84. The number of likely N-dealkylation sites (N-methyl/N-ethyl adjacent to an activating group) is 1. The molecule has 4 nitrogen and oxygen atoms in total. The summed E-state index contributed by atoms with van der Waals surface area (Å²) >= 11 is 12.2. The normalized spacial score (nSPS) is 11.7. The number of carbonyl (C=O) groups is 2. The van der Waals surface area contributed by atoms with E-state index >= 15 is 0 Å². The van der Waals surface area contributed by atoms with Gasteiger partial charge in [-0.05, 0) is 36.6 Å². The van der Waals surface area contributed by atoms with E-state index in [1.54, 1.807) is 17.0 Å². The molecule has 0 aliphatic heterocycles. The zero-order chi connectivity index (χ0) is 20.5. The molecular weight excluding hydrogens is 395 g/mol. The van der Waals surface area contributed by atoms with Gasteiger partial charge in [0.2, 0.25) is 11.8 Å². The molecule has 0 saturated heterocycles. The molecule has 2 rings (SSSR count). The Bertz CT molecular complexity index is 796. The van der Waals surface area contributed by atoms with Crippen LogP contribution < -0.4 is 5.32 Å². The Morgan fingerprint density at radius 3 is 2.32 bits per heavy atom. The number of halogens is 2. The number of hydrogen-bond donors (Lipinski definition) is 1. The van der Waals surface area contributed by atoms with Gasteiger partial charge < -0.3 is 10.2 Å². The third-order valence-corrected chi connectivity index (χ3v) is 5.16. The first kappa shape index (κ1) is 22.3. The maximum Gasteiger partial charge on any atom is 0.243 e. The van der Waals surface area contributed by atoms with Crippen LogP contribution in [0.15, 0.2) is 48.5 Å². The molecule has 0 heterocycles. The summed E-state index contributed by atoms with van der Waals surface area (Å²) in [5.74, 6) is -0.211. The van der Waals surface area contributed by atoms with Crippen LogP contribution in [0.2, 0.25) is 10.0 Å². The average Bonchev–Trinajstić information content (AvgIpc) is 2.68. The van der Waals surface area contributed by atoms with Crippen molar-refractivity contribution in [2.45, 2.75) is 45.7 Å². The molecule has 1 N–H and O–H groups in total. The highest BCUT2D eigenvalue weighted by molar-refractivity contribution is 6.42. The molecule has 0 radical (unpaired) electrons. The molecule has 1 atom stereocenters. The lowest BCUT2D eigenvalue weighted by Gasteiger charge is -2.31. The smallest absolute Gasteiger partial charge is 0.243 e. The molecule has 2 amide bonds. The van der Waals surface area contributed by atoms with Crippen LogP contribution in [0.5, 0.6) is 0 Å². The van der Waals surface area contributed by atoms with E-state index in [0.29, 0.717) is 42.4 Å². The fourth-order valence-electron chi connectivity index (χ4n) is 3.04. The van der Waals surface area contributed by atoms with E-state index in [9.17, 15) is 9.59 Å².